The molecule has 1 saturated heterocycles. The number of nitro groups is 1. The van der Waals surface area contributed by atoms with Crippen molar-refractivity contribution in [3.05, 3.63) is 81.9 Å². The highest BCUT2D eigenvalue weighted by Gasteiger charge is 2.32. The Labute approximate surface area is 258 Å². The normalized spacial score (nSPS) is 15.1. The Balaban J connectivity index is 1.33. The maximum Gasteiger partial charge on any atom is 0.410 e. The number of morpholine rings is 1. The van der Waals surface area contributed by atoms with Crippen LogP contribution in [0.5, 0.6) is 11.5 Å². The van der Waals surface area contributed by atoms with Crippen LogP contribution in [0.15, 0.2) is 61.1 Å². The van der Waals surface area contributed by atoms with Crippen molar-refractivity contribution in [2.45, 2.75) is 39.0 Å². The Kier molecular flexibility index (Phi) is 9.26. The Morgan fingerprint density at radius 1 is 1.14 bits per heavy atom. The van der Waals surface area contributed by atoms with Crippen molar-refractivity contribution in [3.8, 4) is 11.5 Å². The van der Waals surface area contributed by atoms with Gasteiger partial charge in [-0.2, -0.15) is 0 Å². The molecule has 2 aromatic heterocycles. The molecule has 44 heavy (non-hydrogen) atoms. The van der Waals surface area contributed by atoms with Gasteiger partial charge in [-0.05, 0) is 51.1 Å². The number of carbonyl (C=O) groups is 1. The Hall–Kier alpha value is -4.75. The molecule has 1 amide bonds. The summed E-state index contributed by atoms with van der Waals surface area (Å²) in [7, 11) is 0. The molecule has 4 aromatic rings. The van der Waals surface area contributed by atoms with Gasteiger partial charge in [0.15, 0.2) is 5.75 Å². The lowest BCUT2D eigenvalue weighted by Crippen LogP contribution is -2.52. The van der Waals surface area contributed by atoms with Crippen LogP contribution in [0, 0.1) is 10.1 Å². The topological polar surface area (TPSA) is 151 Å². The zero-order valence-corrected chi connectivity index (χ0v) is 25.1. The fourth-order valence-electron chi connectivity index (χ4n) is 4.44. The molecule has 5 rings (SSSR count). The number of nitrogens with zero attached hydrogens (tertiary/aromatic N) is 5. The minimum Gasteiger partial charge on any atom is -0.486 e. The molecular formula is C30H31ClN6O7. The van der Waals surface area contributed by atoms with E-state index in [2.05, 4.69) is 20.3 Å². The number of benzene rings is 2. The van der Waals surface area contributed by atoms with Crippen LogP contribution in [0.1, 0.15) is 26.5 Å². The summed E-state index contributed by atoms with van der Waals surface area (Å²) >= 11 is 6.46. The molecule has 2 aromatic carbocycles. The van der Waals surface area contributed by atoms with E-state index in [0.717, 1.165) is 5.69 Å². The summed E-state index contributed by atoms with van der Waals surface area (Å²) in [4.78, 5) is 38.6. The lowest BCUT2D eigenvalue weighted by atomic mass is 10.2. The van der Waals surface area contributed by atoms with E-state index in [1.807, 2.05) is 18.2 Å². The summed E-state index contributed by atoms with van der Waals surface area (Å²) in [5, 5.41) is 16.0. The summed E-state index contributed by atoms with van der Waals surface area (Å²) in [6.07, 6.45) is 2.52. The highest BCUT2D eigenvalue weighted by Crippen LogP contribution is 2.36. The Morgan fingerprint density at radius 2 is 1.98 bits per heavy atom. The number of carbonyl (C=O) groups excluding carboxylic acids is 1. The third-order valence-corrected chi connectivity index (χ3v) is 6.79. The number of rotatable bonds is 9. The molecule has 0 saturated carbocycles. The van der Waals surface area contributed by atoms with Crippen molar-refractivity contribution in [1.29, 1.82) is 0 Å². The van der Waals surface area contributed by atoms with Crippen LogP contribution in [-0.4, -0.2) is 68.9 Å². The van der Waals surface area contributed by atoms with Crippen LogP contribution >= 0.6 is 11.6 Å². The van der Waals surface area contributed by atoms with Gasteiger partial charge in [0, 0.05) is 30.6 Å². The lowest BCUT2D eigenvalue weighted by molar-refractivity contribution is -0.385. The van der Waals surface area contributed by atoms with Crippen LogP contribution in [0.2, 0.25) is 5.02 Å². The smallest absolute Gasteiger partial charge is 0.410 e. The first-order valence-electron chi connectivity index (χ1n) is 13.8. The summed E-state index contributed by atoms with van der Waals surface area (Å²) in [5.41, 5.74) is 0.795. The second-order valence-corrected chi connectivity index (χ2v) is 11.3. The van der Waals surface area contributed by atoms with E-state index in [9.17, 15) is 14.9 Å². The molecule has 0 radical (unpaired) electrons. The highest BCUT2D eigenvalue weighted by molar-refractivity contribution is 6.32. The average Bonchev–Trinajstić information content (AvgIpc) is 2.99. The van der Waals surface area contributed by atoms with E-state index >= 15 is 0 Å². The number of halogens is 1. The molecule has 0 aliphatic carbocycles. The van der Waals surface area contributed by atoms with Crippen LogP contribution in [0.3, 0.4) is 0 Å². The molecule has 14 heteroatoms. The maximum atomic E-state index is 12.7. The lowest BCUT2D eigenvalue weighted by Gasteiger charge is -2.36. The number of ether oxygens (including phenoxy) is 4. The predicted molar refractivity (Wildman–Crippen MR) is 163 cm³/mol. The summed E-state index contributed by atoms with van der Waals surface area (Å²) in [6, 6.07) is 13.0. The van der Waals surface area contributed by atoms with E-state index in [0.29, 0.717) is 46.3 Å². The van der Waals surface area contributed by atoms with Gasteiger partial charge in [-0.1, -0.05) is 17.7 Å². The largest absolute Gasteiger partial charge is 0.486 e. The van der Waals surface area contributed by atoms with Gasteiger partial charge in [0.05, 0.1) is 45.8 Å². The molecular weight excluding hydrogens is 592 g/mol. The Bertz CT molecular complexity index is 1650. The Morgan fingerprint density at radius 3 is 2.70 bits per heavy atom. The van der Waals surface area contributed by atoms with Crippen molar-refractivity contribution >= 4 is 45.8 Å². The SMILES string of the molecule is CC(C)(C)OC(=O)N1CCOCC1COc1cc2ncnc(Nc3ccc(OCc4ccccn4)c(Cl)c3)c2cc1[N+](=O)[O-]. The van der Waals surface area contributed by atoms with Crippen molar-refractivity contribution in [3.63, 3.8) is 0 Å². The van der Waals surface area contributed by atoms with Gasteiger partial charge in [-0.25, -0.2) is 14.8 Å². The number of pyridine rings is 1. The molecule has 3 heterocycles. The molecule has 0 bridgehead atoms. The average molecular weight is 623 g/mol. The summed E-state index contributed by atoms with van der Waals surface area (Å²) in [5.74, 6) is 0.806. The van der Waals surface area contributed by atoms with Gasteiger partial charge in [0.2, 0.25) is 0 Å². The highest BCUT2D eigenvalue weighted by atomic mass is 35.5. The number of nitrogens with one attached hydrogen (secondary N) is 1. The second kappa shape index (κ2) is 13.3. The van der Waals surface area contributed by atoms with E-state index in [4.69, 9.17) is 30.5 Å². The molecule has 1 aliphatic heterocycles. The first-order valence-corrected chi connectivity index (χ1v) is 14.2. The molecule has 1 fully saturated rings. The van der Waals surface area contributed by atoms with Gasteiger partial charge in [-0.3, -0.25) is 20.0 Å². The van der Waals surface area contributed by atoms with Crippen molar-refractivity contribution in [1.82, 2.24) is 19.9 Å². The fourth-order valence-corrected chi connectivity index (χ4v) is 4.67. The van der Waals surface area contributed by atoms with Gasteiger partial charge in [0.25, 0.3) is 0 Å². The number of nitro benzene ring substituents is 1. The maximum absolute atomic E-state index is 12.7. The first kappa shape index (κ1) is 30.7. The molecule has 1 aliphatic rings. The minimum atomic E-state index is -0.676. The van der Waals surface area contributed by atoms with Crippen LogP contribution < -0.4 is 14.8 Å². The van der Waals surface area contributed by atoms with Gasteiger partial charge in [-0.15, -0.1) is 0 Å². The molecule has 1 N–H and O–H groups in total. The first-order chi connectivity index (χ1) is 21.1. The van der Waals surface area contributed by atoms with Crippen LogP contribution in [0.25, 0.3) is 10.9 Å². The van der Waals surface area contributed by atoms with Crippen LogP contribution in [-0.2, 0) is 16.1 Å². The molecule has 13 nitrogen and oxygen atoms in total. The number of amides is 1. The number of aromatic nitrogens is 3. The number of fused-ring (bicyclic) bond motifs is 1. The van der Waals surface area contributed by atoms with Crippen LogP contribution in [0.4, 0.5) is 22.0 Å². The van der Waals surface area contributed by atoms with E-state index in [1.165, 1.54) is 23.4 Å². The van der Waals surface area contributed by atoms with Crippen molar-refractivity contribution in [2.75, 3.05) is 31.7 Å². The molecule has 1 atom stereocenters. The van der Waals surface area contributed by atoms with E-state index in [1.54, 1.807) is 45.2 Å². The minimum absolute atomic E-state index is 0.000635. The second-order valence-electron chi connectivity index (χ2n) is 10.9. The zero-order chi connectivity index (χ0) is 31.3. The van der Waals surface area contributed by atoms with Gasteiger partial charge < -0.3 is 24.3 Å². The molecule has 230 valence electrons. The zero-order valence-electron chi connectivity index (χ0n) is 24.4. The number of hydrogen-bond acceptors (Lipinski definition) is 11. The molecule has 0 spiro atoms. The van der Waals surface area contributed by atoms with E-state index < -0.39 is 22.7 Å². The molecule has 1 unspecified atom stereocenters. The quantitative estimate of drug-likeness (QED) is 0.175. The third-order valence-electron chi connectivity index (χ3n) is 6.50. The number of hydrogen-bond donors (Lipinski definition) is 1. The standard InChI is InChI=1S/C30H31ClN6O7/c1-30(2,3)44-29(38)36-10-11-41-16-21(36)17-43-27-14-24-22(13-25(27)37(39)40)28(34-18-33-24)35-19-7-8-26(23(31)12-19)42-15-20-6-4-5-9-32-20/h4-9,12-14,18,21H,10-11,15-17H2,1-3H3,(H,33,34,35). The number of anilines is 2. The van der Waals surface area contributed by atoms with E-state index in [-0.39, 0.29) is 31.3 Å². The van der Waals surface area contributed by atoms with Crippen molar-refractivity contribution in [2.24, 2.45) is 0 Å². The monoisotopic (exact) mass is 622 g/mol. The third kappa shape index (κ3) is 7.60. The summed E-state index contributed by atoms with van der Waals surface area (Å²) < 4.78 is 22.7. The fraction of sp³-hybridized carbons (Fsp3) is 0.333. The summed E-state index contributed by atoms with van der Waals surface area (Å²) in [6.45, 7) is 6.42. The van der Waals surface area contributed by atoms with Crippen molar-refractivity contribution < 1.29 is 28.7 Å². The van der Waals surface area contributed by atoms with Gasteiger partial charge in [0.1, 0.15) is 36.7 Å². The van der Waals surface area contributed by atoms with Gasteiger partial charge >= 0.3 is 11.8 Å². The predicted octanol–water partition coefficient (Wildman–Crippen LogP) is 5.92.